The zero-order chi connectivity index (χ0) is 15.3. The van der Waals surface area contributed by atoms with Gasteiger partial charge in [0.2, 0.25) is 10.0 Å². The summed E-state index contributed by atoms with van der Waals surface area (Å²) < 4.78 is 27.5. The number of hydrogen-bond acceptors (Lipinski definition) is 4. The molecule has 112 valence electrons. The molecule has 0 N–H and O–H groups in total. The molecule has 2 atom stereocenters. The molecule has 2 aromatic rings. The third-order valence-electron chi connectivity index (χ3n) is 4.68. The van der Waals surface area contributed by atoms with Crippen LogP contribution < -0.4 is 0 Å². The fraction of sp³-hybridized carbons (Fsp3) is 0.312. The minimum atomic E-state index is -3.46. The van der Waals surface area contributed by atoms with Crippen molar-refractivity contribution in [3.63, 3.8) is 0 Å². The van der Waals surface area contributed by atoms with E-state index in [9.17, 15) is 8.42 Å². The molecule has 1 aliphatic carbocycles. The topological polar surface area (TPSA) is 49.7 Å². The van der Waals surface area contributed by atoms with Gasteiger partial charge < -0.3 is 0 Å². The van der Waals surface area contributed by atoms with Gasteiger partial charge in [-0.05, 0) is 23.7 Å². The minimum Gasteiger partial charge on any atom is -0.228 e. The van der Waals surface area contributed by atoms with E-state index in [0.717, 1.165) is 10.8 Å². The molecule has 2 fully saturated rings. The van der Waals surface area contributed by atoms with Crippen molar-refractivity contribution < 1.29 is 8.42 Å². The Balaban J connectivity index is 1.69. The van der Waals surface area contributed by atoms with Gasteiger partial charge in [-0.3, -0.25) is 0 Å². The normalized spacial score (nSPS) is 27.4. The number of hydrogen-bond donors (Lipinski definition) is 0. The number of nitrogens with zero attached hydrogens (tertiary/aromatic N) is 2. The maximum atomic E-state index is 12.9. The highest BCUT2D eigenvalue weighted by molar-refractivity contribution is 7.89. The summed E-state index contributed by atoms with van der Waals surface area (Å²) in [7, 11) is -3.46. The average Bonchev–Trinajstić information content (AvgIpc) is 2.97. The summed E-state index contributed by atoms with van der Waals surface area (Å²) in [6, 6.07) is 13.2. The van der Waals surface area contributed by atoms with Crippen molar-refractivity contribution in [2.75, 3.05) is 13.1 Å². The number of aliphatic imine (C=N–C) groups is 1. The Labute approximate surface area is 134 Å². The van der Waals surface area contributed by atoms with Gasteiger partial charge in [-0.25, -0.2) is 13.4 Å². The van der Waals surface area contributed by atoms with Crippen molar-refractivity contribution in [1.29, 1.82) is 0 Å². The molecule has 22 heavy (non-hydrogen) atoms. The number of sulfonamides is 1. The first-order chi connectivity index (χ1) is 10.6. The molecule has 2 aliphatic rings. The van der Waals surface area contributed by atoms with Crippen molar-refractivity contribution in [3.05, 3.63) is 42.5 Å². The molecule has 2 aromatic carbocycles. The van der Waals surface area contributed by atoms with E-state index in [4.69, 9.17) is 0 Å². The van der Waals surface area contributed by atoms with Crippen LogP contribution in [0.25, 0.3) is 10.8 Å². The minimum absolute atomic E-state index is 0.177. The van der Waals surface area contributed by atoms with E-state index in [-0.39, 0.29) is 6.04 Å². The SMILES string of the molecule is O=S(=O)(c1cccc2ccccc12)N1CC2C(C1)C2N=C=S. The lowest BCUT2D eigenvalue weighted by molar-refractivity contribution is 0.433. The fourth-order valence-corrected chi connectivity index (χ4v) is 5.32. The molecule has 2 unspecified atom stereocenters. The first-order valence-electron chi connectivity index (χ1n) is 7.18. The van der Waals surface area contributed by atoms with Crippen LogP contribution >= 0.6 is 12.2 Å². The van der Waals surface area contributed by atoms with Crippen molar-refractivity contribution >= 4 is 38.2 Å². The van der Waals surface area contributed by atoms with Crippen LogP contribution in [0.2, 0.25) is 0 Å². The van der Waals surface area contributed by atoms with Crippen LogP contribution in [0.3, 0.4) is 0 Å². The van der Waals surface area contributed by atoms with Gasteiger partial charge in [-0.2, -0.15) is 4.31 Å². The Morgan fingerprint density at radius 1 is 1.09 bits per heavy atom. The summed E-state index contributed by atoms with van der Waals surface area (Å²) in [5.74, 6) is 0.611. The third-order valence-corrected chi connectivity index (χ3v) is 6.68. The van der Waals surface area contributed by atoms with Crippen molar-refractivity contribution in [2.45, 2.75) is 10.9 Å². The van der Waals surface area contributed by atoms with Gasteiger partial charge in [-0.1, -0.05) is 36.4 Å². The molecule has 0 amide bonds. The smallest absolute Gasteiger partial charge is 0.228 e. The average molecular weight is 330 g/mol. The van der Waals surface area contributed by atoms with Gasteiger partial charge in [-0.15, -0.1) is 0 Å². The molecule has 1 aliphatic heterocycles. The van der Waals surface area contributed by atoms with Crippen molar-refractivity contribution in [1.82, 2.24) is 4.31 Å². The third kappa shape index (κ3) is 2.03. The summed E-state index contributed by atoms with van der Waals surface area (Å²) in [6.07, 6.45) is 0. The zero-order valence-electron chi connectivity index (χ0n) is 11.7. The van der Waals surface area contributed by atoms with E-state index < -0.39 is 10.0 Å². The quantitative estimate of drug-likeness (QED) is 0.642. The van der Waals surface area contributed by atoms with Crippen LogP contribution in [-0.4, -0.2) is 37.0 Å². The largest absolute Gasteiger partial charge is 0.243 e. The highest BCUT2D eigenvalue weighted by atomic mass is 32.2. The van der Waals surface area contributed by atoms with Crippen LogP contribution in [0.5, 0.6) is 0 Å². The Hall–Kier alpha value is -1.59. The van der Waals surface area contributed by atoms with Crippen molar-refractivity contribution in [2.24, 2.45) is 16.8 Å². The first kappa shape index (κ1) is 14.0. The maximum absolute atomic E-state index is 12.9. The molecule has 0 aromatic heterocycles. The number of isothiocyanates is 1. The van der Waals surface area contributed by atoms with E-state index in [0.29, 0.717) is 29.8 Å². The summed E-state index contributed by atoms with van der Waals surface area (Å²) in [5, 5.41) is 4.13. The highest BCUT2D eigenvalue weighted by Crippen LogP contribution is 2.49. The number of benzene rings is 2. The molecule has 4 rings (SSSR count). The molecule has 4 nitrogen and oxygen atoms in total. The predicted octanol–water partition coefficient (Wildman–Crippen LogP) is 2.56. The summed E-state index contributed by atoms with van der Waals surface area (Å²) in [4.78, 5) is 4.49. The molecule has 1 saturated carbocycles. The van der Waals surface area contributed by atoms with Crippen LogP contribution in [0.4, 0.5) is 0 Å². The van der Waals surface area contributed by atoms with Gasteiger partial charge >= 0.3 is 0 Å². The zero-order valence-corrected chi connectivity index (χ0v) is 13.3. The van der Waals surface area contributed by atoms with Gasteiger partial charge in [0.1, 0.15) is 0 Å². The molecule has 0 radical (unpaired) electrons. The fourth-order valence-electron chi connectivity index (χ4n) is 3.46. The van der Waals surface area contributed by atoms with E-state index in [1.807, 2.05) is 30.3 Å². The second kappa shape index (κ2) is 4.96. The molecule has 0 spiro atoms. The van der Waals surface area contributed by atoms with Crippen LogP contribution in [0.15, 0.2) is 52.4 Å². The molecular weight excluding hydrogens is 316 g/mol. The lowest BCUT2D eigenvalue weighted by atomic mass is 10.1. The lowest BCUT2D eigenvalue weighted by Crippen LogP contribution is -2.32. The predicted molar refractivity (Wildman–Crippen MR) is 88.5 cm³/mol. The van der Waals surface area contributed by atoms with Gasteiger partial charge in [0.05, 0.1) is 16.1 Å². The molecule has 6 heteroatoms. The highest BCUT2D eigenvalue weighted by Gasteiger charge is 2.58. The second-order valence-electron chi connectivity index (χ2n) is 5.84. The van der Waals surface area contributed by atoms with E-state index in [1.54, 1.807) is 16.4 Å². The Kier molecular flexibility index (Phi) is 3.16. The summed E-state index contributed by atoms with van der Waals surface area (Å²) in [5.41, 5.74) is 0. The Bertz CT molecular complexity index is 886. The van der Waals surface area contributed by atoms with Crippen LogP contribution in [0, 0.1) is 11.8 Å². The van der Waals surface area contributed by atoms with Gasteiger partial charge in [0, 0.05) is 30.3 Å². The number of fused-ring (bicyclic) bond motifs is 2. The van der Waals surface area contributed by atoms with Crippen molar-refractivity contribution in [3.8, 4) is 0 Å². The Morgan fingerprint density at radius 2 is 1.77 bits per heavy atom. The summed E-state index contributed by atoms with van der Waals surface area (Å²) >= 11 is 4.63. The second-order valence-corrected chi connectivity index (χ2v) is 7.93. The summed E-state index contributed by atoms with van der Waals surface area (Å²) in [6.45, 7) is 1.06. The molecule has 0 bridgehead atoms. The van der Waals surface area contributed by atoms with E-state index in [2.05, 4.69) is 22.4 Å². The molecular formula is C16H14N2O2S2. The van der Waals surface area contributed by atoms with Gasteiger partial charge in [0.25, 0.3) is 0 Å². The monoisotopic (exact) mass is 330 g/mol. The lowest BCUT2D eigenvalue weighted by Gasteiger charge is -2.19. The Morgan fingerprint density at radius 3 is 2.50 bits per heavy atom. The first-order valence-corrected chi connectivity index (χ1v) is 9.02. The van der Waals surface area contributed by atoms with Crippen LogP contribution in [-0.2, 0) is 10.0 Å². The van der Waals surface area contributed by atoms with E-state index >= 15 is 0 Å². The van der Waals surface area contributed by atoms with Gasteiger partial charge in [0.15, 0.2) is 0 Å². The molecule has 1 heterocycles. The number of thiocarbonyl (C=S) groups is 1. The molecule has 1 saturated heterocycles. The number of rotatable bonds is 3. The van der Waals surface area contributed by atoms with Crippen LogP contribution in [0.1, 0.15) is 0 Å². The van der Waals surface area contributed by atoms with E-state index in [1.165, 1.54) is 0 Å². The standard InChI is InChI=1S/C16H14N2O2S2/c19-22(20,18-8-13-14(9-18)16(13)17-10-21)15-7-3-5-11-4-1-2-6-12(11)15/h1-7,13-14,16H,8-9H2. The maximum Gasteiger partial charge on any atom is 0.243 e. The number of piperidine rings is 1.